The van der Waals surface area contributed by atoms with E-state index in [1.807, 2.05) is 53.3 Å². The number of amides is 4. The van der Waals surface area contributed by atoms with Gasteiger partial charge in [0.15, 0.2) is 0 Å². The molecule has 0 radical (unpaired) electrons. The van der Waals surface area contributed by atoms with E-state index in [4.69, 9.17) is 0 Å². The van der Waals surface area contributed by atoms with Gasteiger partial charge in [-0.05, 0) is 81.8 Å². The zero-order valence-corrected chi connectivity index (χ0v) is 32.0. The molecule has 4 amide bonds. The molecular weight excluding hydrogens is 623 g/mol. The first-order chi connectivity index (χ1) is 22.3. The first-order valence-electron chi connectivity index (χ1n) is 18.6. The Bertz CT molecular complexity index is 1210. The molecule has 6 rings (SSSR count). The lowest BCUT2D eigenvalue weighted by Crippen LogP contribution is -2.46. The van der Waals surface area contributed by atoms with Gasteiger partial charge in [0.25, 0.3) is 0 Å². The Hall–Kier alpha value is -2.16. The van der Waals surface area contributed by atoms with E-state index in [-0.39, 0.29) is 51.8 Å². The fourth-order valence-electron chi connectivity index (χ4n) is 8.28. The van der Waals surface area contributed by atoms with E-state index in [1.165, 1.54) is 30.6 Å². The molecular formula is C39H63N3O5S. The Balaban J connectivity index is 0.000000168. The molecule has 7 atom stereocenters. The summed E-state index contributed by atoms with van der Waals surface area (Å²) in [6, 6.07) is 0.856. The van der Waals surface area contributed by atoms with Crippen LogP contribution in [0.2, 0.25) is 0 Å². The van der Waals surface area contributed by atoms with Gasteiger partial charge in [0, 0.05) is 47.6 Å². The van der Waals surface area contributed by atoms with Gasteiger partial charge < -0.3 is 10.6 Å². The normalized spacial score (nSPS) is 30.8. The van der Waals surface area contributed by atoms with Crippen molar-refractivity contribution in [1.29, 1.82) is 0 Å². The monoisotopic (exact) mass is 685 g/mol. The van der Waals surface area contributed by atoms with E-state index < -0.39 is 0 Å². The third-order valence-electron chi connectivity index (χ3n) is 10.6. The molecule has 2 bridgehead atoms. The fourth-order valence-corrected chi connectivity index (χ4v) is 9.93. The zero-order valence-electron chi connectivity index (χ0n) is 31.2. The van der Waals surface area contributed by atoms with Gasteiger partial charge in [0.1, 0.15) is 5.78 Å². The van der Waals surface area contributed by atoms with Crippen molar-refractivity contribution >= 4 is 41.2 Å². The number of likely N-dealkylation sites (tertiary alicyclic amines) is 1. The molecule has 0 aromatic carbocycles. The Morgan fingerprint density at radius 1 is 0.896 bits per heavy atom. The maximum atomic E-state index is 12.3. The topological polar surface area (TPSA) is 113 Å². The molecule has 0 aromatic rings. The molecule has 5 fully saturated rings. The standard InChI is InChI=1S/C16H27NO2S.C13H17NO2.C10H19NO/c1-16(2,3)9-12(18)6-4-5-7-13-15-11(10-20-13)8-14(19)17-15;1-13(2,3)14-11(15)9-7-4-5-8(6-7)10(9)12(14)16;1-10(2,3)9(12)11-8-6-4-5-7-8/h11,13,15H,4-10H2,1-3H3,(H,17,19);4-5,7-10H,6H2,1-3H3;8H,4-7H2,1-3H3,(H,11,12). The number of nitrogens with zero attached hydrogens (tertiary/aromatic N) is 1. The molecule has 2 saturated carbocycles. The van der Waals surface area contributed by atoms with Crippen molar-refractivity contribution in [3.8, 4) is 0 Å². The molecule has 6 aliphatic rings. The number of carbonyl (C=O) groups is 5. The highest BCUT2D eigenvalue weighted by molar-refractivity contribution is 8.00. The summed E-state index contributed by atoms with van der Waals surface area (Å²) in [5, 5.41) is 6.77. The van der Waals surface area contributed by atoms with Gasteiger partial charge in [-0.2, -0.15) is 11.8 Å². The van der Waals surface area contributed by atoms with Crippen LogP contribution in [0, 0.1) is 40.4 Å². The van der Waals surface area contributed by atoms with Crippen molar-refractivity contribution in [2.75, 3.05) is 5.75 Å². The van der Waals surface area contributed by atoms with Crippen LogP contribution in [0.25, 0.3) is 0 Å². The molecule has 9 heteroatoms. The van der Waals surface area contributed by atoms with Crippen molar-refractivity contribution in [2.24, 2.45) is 40.4 Å². The molecule has 2 N–H and O–H groups in total. The van der Waals surface area contributed by atoms with Crippen LogP contribution in [-0.4, -0.2) is 62.9 Å². The number of hydrogen-bond acceptors (Lipinski definition) is 6. The number of unbranched alkanes of at least 4 members (excludes halogenated alkanes) is 1. The summed E-state index contributed by atoms with van der Waals surface area (Å²) in [5.41, 5.74) is -0.500. The highest BCUT2D eigenvalue weighted by atomic mass is 32.2. The van der Waals surface area contributed by atoms with Crippen molar-refractivity contribution in [3.05, 3.63) is 12.2 Å². The molecule has 48 heavy (non-hydrogen) atoms. The van der Waals surface area contributed by atoms with E-state index in [2.05, 4.69) is 43.6 Å². The third-order valence-corrected chi connectivity index (χ3v) is 12.2. The number of hydrogen-bond donors (Lipinski definition) is 2. The average molecular weight is 686 g/mol. The second-order valence-electron chi connectivity index (χ2n) is 18.3. The largest absolute Gasteiger partial charge is 0.353 e. The molecule has 0 aromatic heterocycles. The van der Waals surface area contributed by atoms with Crippen LogP contribution < -0.4 is 10.6 Å². The molecule has 3 aliphatic heterocycles. The van der Waals surface area contributed by atoms with Crippen LogP contribution in [0.5, 0.6) is 0 Å². The van der Waals surface area contributed by atoms with Gasteiger partial charge >= 0.3 is 0 Å². The first kappa shape index (κ1) is 38.6. The number of thioether (sulfide) groups is 1. The van der Waals surface area contributed by atoms with E-state index in [0.717, 1.165) is 44.3 Å². The van der Waals surface area contributed by atoms with Crippen LogP contribution >= 0.6 is 11.8 Å². The molecule has 3 saturated heterocycles. The van der Waals surface area contributed by atoms with Gasteiger partial charge in [-0.3, -0.25) is 28.9 Å². The van der Waals surface area contributed by atoms with Gasteiger partial charge in [0.2, 0.25) is 23.6 Å². The summed E-state index contributed by atoms with van der Waals surface area (Å²) < 4.78 is 0. The van der Waals surface area contributed by atoms with E-state index in [1.54, 1.807) is 0 Å². The second kappa shape index (κ2) is 15.4. The number of rotatable bonds is 7. The Labute approximate surface area is 294 Å². The smallest absolute Gasteiger partial charge is 0.234 e. The minimum absolute atomic E-state index is 0.0540. The number of ketones is 1. The van der Waals surface area contributed by atoms with Crippen LogP contribution in [0.1, 0.15) is 133 Å². The second-order valence-corrected chi connectivity index (χ2v) is 19.6. The molecule has 0 spiro atoms. The maximum absolute atomic E-state index is 12.3. The fraction of sp³-hybridized carbons (Fsp3) is 0.821. The molecule has 3 heterocycles. The average Bonchev–Trinajstić information content (AvgIpc) is 3.78. The number of carbonyl (C=O) groups excluding carboxylic acids is 5. The van der Waals surface area contributed by atoms with Crippen LogP contribution in [0.4, 0.5) is 0 Å². The van der Waals surface area contributed by atoms with Gasteiger partial charge in [-0.25, -0.2) is 0 Å². The van der Waals surface area contributed by atoms with Crippen molar-refractivity contribution in [2.45, 2.75) is 156 Å². The highest BCUT2D eigenvalue weighted by Crippen LogP contribution is 2.53. The van der Waals surface area contributed by atoms with E-state index >= 15 is 0 Å². The minimum atomic E-state index is -0.377. The molecule has 3 aliphatic carbocycles. The lowest BCUT2D eigenvalue weighted by atomic mass is 9.85. The van der Waals surface area contributed by atoms with Gasteiger partial charge in [-0.15, -0.1) is 0 Å². The number of fused-ring (bicyclic) bond motifs is 6. The molecule has 7 unspecified atom stereocenters. The predicted molar refractivity (Wildman–Crippen MR) is 193 cm³/mol. The summed E-state index contributed by atoms with van der Waals surface area (Å²) in [4.78, 5) is 60.8. The van der Waals surface area contributed by atoms with E-state index in [0.29, 0.717) is 47.3 Å². The summed E-state index contributed by atoms with van der Waals surface area (Å²) in [7, 11) is 0. The molecule has 270 valence electrons. The van der Waals surface area contributed by atoms with Crippen LogP contribution in [0.3, 0.4) is 0 Å². The lowest BCUT2D eigenvalue weighted by Gasteiger charge is -2.31. The first-order valence-corrected chi connectivity index (χ1v) is 19.6. The Morgan fingerprint density at radius 2 is 1.48 bits per heavy atom. The lowest BCUT2D eigenvalue weighted by molar-refractivity contribution is -0.146. The number of Topliss-reactive ketones (excluding diaryl/α,β-unsaturated/α-hetero) is 1. The quantitative estimate of drug-likeness (QED) is 0.172. The van der Waals surface area contributed by atoms with Gasteiger partial charge in [0.05, 0.1) is 11.8 Å². The predicted octanol–water partition coefficient (Wildman–Crippen LogP) is 6.86. The summed E-state index contributed by atoms with van der Waals surface area (Å²) >= 11 is 2.01. The van der Waals surface area contributed by atoms with E-state index in [9.17, 15) is 24.0 Å². The Morgan fingerprint density at radius 3 is 2.00 bits per heavy atom. The van der Waals surface area contributed by atoms with Crippen molar-refractivity contribution in [1.82, 2.24) is 15.5 Å². The van der Waals surface area contributed by atoms with Crippen molar-refractivity contribution < 1.29 is 24.0 Å². The molecule has 8 nitrogen and oxygen atoms in total. The number of imide groups is 1. The summed E-state index contributed by atoms with van der Waals surface area (Å²) in [6.45, 7) is 18.0. The zero-order chi connectivity index (χ0) is 35.6. The van der Waals surface area contributed by atoms with Crippen LogP contribution in [-0.2, 0) is 24.0 Å². The summed E-state index contributed by atoms with van der Waals surface area (Å²) in [6.07, 6.45) is 15.5. The van der Waals surface area contributed by atoms with Crippen molar-refractivity contribution in [3.63, 3.8) is 0 Å². The number of allylic oxidation sites excluding steroid dienone is 2. The Kier molecular flexibility index (Phi) is 12.4. The minimum Gasteiger partial charge on any atom is -0.353 e. The van der Waals surface area contributed by atoms with Gasteiger partial charge in [-0.1, -0.05) is 73.0 Å². The van der Waals surface area contributed by atoms with Crippen LogP contribution in [0.15, 0.2) is 12.2 Å². The third kappa shape index (κ3) is 9.75. The number of nitrogens with one attached hydrogen (secondary N) is 2. The maximum Gasteiger partial charge on any atom is 0.234 e. The highest BCUT2D eigenvalue weighted by Gasteiger charge is 2.61. The summed E-state index contributed by atoms with van der Waals surface area (Å²) in [5.74, 6) is 3.13. The SMILES string of the molecule is CC(C)(C)C(=O)NC1CCCC1.CC(C)(C)CC(=O)CCCCC1SCC2CC(=O)NC21.CC(C)(C)N1C(=O)C2C3C=CC(C3)C2C1=O.